The molecule has 0 amide bonds. The van der Waals surface area contributed by atoms with E-state index in [9.17, 15) is 14.0 Å². The first-order chi connectivity index (χ1) is 12.4. The lowest BCUT2D eigenvalue weighted by molar-refractivity contribution is -0.156. The smallest absolute Gasteiger partial charge is 0.347 e. The van der Waals surface area contributed by atoms with Crippen LogP contribution in [-0.2, 0) is 9.53 Å². The Morgan fingerprint density at radius 2 is 1.81 bits per heavy atom. The van der Waals surface area contributed by atoms with Gasteiger partial charge in [-0.3, -0.25) is 4.79 Å². The highest BCUT2D eigenvalue weighted by molar-refractivity contribution is 5.77. The molecule has 2 atom stereocenters. The van der Waals surface area contributed by atoms with Crippen LogP contribution >= 0.6 is 0 Å². The van der Waals surface area contributed by atoms with Crippen molar-refractivity contribution < 1.29 is 18.7 Å². The number of carbonyl (C=O) groups is 1. The Morgan fingerprint density at radius 3 is 2.54 bits per heavy atom. The van der Waals surface area contributed by atoms with Crippen LogP contribution in [0.1, 0.15) is 25.8 Å². The highest BCUT2D eigenvalue weighted by Crippen LogP contribution is 2.17. The average Bonchev–Trinajstić information content (AvgIpc) is 2.63. The van der Waals surface area contributed by atoms with Crippen molar-refractivity contribution in [2.75, 3.05) is 0 Å². The summed E-state index contributed by atoms with van der Waals surface area (Å²) in [5, 5.41) is 0.461. The van der Waals surface area contributed by atoms with Crippen LogP contribution in [0.2, 0.25) is 0 Å². The Kier molecular flexibility index (Phi) is 4.97. The number of aromatic amines is 1. The fourth-order valence-corrected chi connectivity index (χ4v) is 2.39. The van der Waals surface area contributed by atoms with Crippen molar-refractivity contribution in [3.63, 3.8) is 0 Å². The van der Waals surface area contributed by atoms with Crippen LogP contribution in [0.5, 0.6) is 5.75 Å². The molecule has 3 aromatic rings. The zero-order chi connectivity index (χ0) is 18.7. The Hall–Kier alpha value is -3.22. The van der Waals surface area contributed by atoms with Crippen LogP contribution in [0, 0.1) is 5.82 Å². The van der Waals surface area contributed by atoms with Gasteiger partial charge in [-0.2, -0.15) is 0 Å². The number of benzene rings is 2. The Morgan fingerprint density at radius 1 is 1.12 bits per heavy atom. The van der Waals surface area contributed by atoms with Crippen LogP contribution in [0.4, 0.5) is 4.39 Å². The average molecular weight is 356 g/mol. The van der Waals surface area contributed by atoms with Crippen molar-refractivity contribution in [3.8, 4) is 5.75 Å². The molecule has 7 heteroatoms. The molecule has 3 rings (SSSR count). The number of carbonyl (C=O) groups excluding carboxylic acids is 1. The van der Waals surface area contributed by atoms with Gasteiger partial charge in [0.05, 0.1) is 10.9 Å². The van der Waals surface area contributed by atoms with Crippen molar-refractivity contribution in [3.05, 3.63) is 70.5 Å². The summed E-state index contributed by atoms with van der Waals surface area (Å²) in [6, 6.07) is 12.2. The van der Waals surface area contributed by atoms with Gasteiger partial charge in [0.2, 0.25) is 0 Å². The largest absolute Gasteiger partial charge is 0.479 e. The lowest BCUT2D eigenvalue weighted by atomic mass is 10.2. The van der Waals surface area contributed by atoms with Gasteiger partial charge in [-0.1, -0.05) is 12.1 Å². The zero-order valence-corrected chi connectivity index (χ0v) is 14.2. The molecule has 0 radical (unpaired) electrons. The second kappa shape index (κ2) is 7.35. The number of rotatable bonds is 5. The summed E-state index contributed by atoms with van der Waals surface area (Å²) in [6.45, 7) is 3.13. The van der Waals surface area contributed by atoms with Crippen LogP contribution < -0.4 is 10.3 Å². The maximum absolute atomic E-state index is 12.9. The number of ether oxygens (including phenoxy) is 2. The van der Waals surface area contributed by atoms with E-state index >= 15 is 0 Å². The van der Waals surface area contributed by atoms with Gasteiger partial charge in [0.25, 0.3) is 5.56 Å². The van der Waals surface area contributed by atoms with E-state index in [1.165, 1.54) is 31.2 Å². The second-order valence-electron chi connectivity index (χ2n) is 5.76. The van der Waals surface area contributed by atoms with Crippen molar-refractivity contribution in [2.24, 2.45) is 0 Å². The fourth-order valence-electron chi connectivity index (χ4n) is 2.39. The predicted molar refractivity (Wildman–Crippen MR) is 93.4 cm³/mol. The van der Waals surface area contributed by atoms with E-state index in [0.717, 1.165) is 0 Å². The fraction of sp³-hybridized carbons (Fsp3) is 0.211. The number of fused-ring (bicyclic) bond motifs is 1. The van der Waals surface area contributed by atoms with Crippen molar-refractivity contribution >= 4 is 16.9 Å². The Bertz CT molecular complexity index is 985. The highest BCUT2D eigenvalue weighted by atomic mass is 19.1. The normalized spacial score (nSPS) is 13.2. The van der Waals surface area contributed by atoms with Gasteiger partial charge in [0.1, 0.15) is 11.6 Å². The molecule has 134 valence electrons. The van der Waals surface area contributed by atoms with E-state index in [-0.39, 0.29) is 11.4 Å². The molecule has 1 aromatic heterocycles. The molecule has 0 saturated carbocycles. The number of nitrogens with one attached hydrogen (secondary N) is 1. The number of hydrogen-bond acceptors (Lipinski definition) is 5. The predicted octanol–water partition coefficient (Wildman–Crippen LogP) is 3.13. The van der Waals surface area contributed by atoms with E-state index in [2.05, 4.69) is 9.97 Å². The minimum Gasteiger partial charge on any atom is -0.479 e. The van der Waals surface area contributed by atoms with Gasteiger partial charge in [-0.15, -0.1) is 0 Å². The number of nitrogens with zero attached hydrogens (tertiary/aromatic N) is 1. The number of H-pyrrole nitrogens is 1. The molecule has 0 aliphatic rings. The lowest BCUT2D eigenvalue weighted by Crippen LogP contribution is -2.28. The molecule has 1 N–H and O–H groups in total. The van der Waals surface area contributed by atoms with E-state index in [4.69, 9.17) is 9.47 Å². The first-order valence-corrected chi connectivity index (χ1v) is 8.05. The topological polar surface area (TPSA) is 81.3 Å². The molecule has 6 nitrogen and oxygen atoms in total. The number of halogens is 1. The molecule has 0 aliphatic carbocycles. The van der Waals surface area contributed by atoms with Gasteiger partial charge in [0, 0.05) is 0 Å². The summed E-state index contributed by atoms with van der Waals surface area (Å²) in [7, 11) is 0. The standard InChI is InChI=1S/C19H17FN2O4/c1-11(17-21-16-6-4-3-5-15(16)18(23)22-17)26-19(24)12(2)25-14-9-7-13(20)8-10-14/h3-12H,1-2H3,(H,21,22,23)/t11-,12+/m0/s1. The van der Waals surface area contributed by atoms with Crippen LogP contribution in [0.25, 0.3) is 10.9 Å². The molecular formula is C19H17FN2O4. The van der Waals surface area contributed by atoms with Gasteiger partial charge < -0.3 is 14.5 Å². The Balaban J connectivity index is 1.70. The summed E-state index contributed by atoms with van der Waals surface area (Å²) < 4.78 is 23.7. The number of para-hydroxylation sites is 1. The quantitative estimate of drug-likeness (QED) is 0.710. The van der Waals surface area contributed by atoms with Crippen LogP contribution in [0.15, 0.2) is 53.3 Å². The van der Waals surface area contributed by atoms with E-state index < -0.39 is 24.0 Å². The monoisotopic (exact) mass is 356 g/mol. The minimum atomic E-state index is -0.907. The minimum absolute atomic E-state index is 0.246. The molecule has 0 unspecified atom stereocenters. The van der Waals surface area contributed by atoms with Gasteiger partial charge in [0.15, 0.2) is 18.0 Å². The molecular weight excluding hydrogens is 339 g/mol. The molecule has 0 fully saturated rings. The maximum atomic E-state index is 12.9. The number of esters is 1. The van der Waals surface area contributed by atoms with Crippen molar-refractivity contribution in [1.82, 2.24) is 9.97 Å². The molecule has 1 heterocycles. The molecule has 0 bridgehead atoms. The molecule has 0 saturated heterocycles. The van der Waals surface area contributed by atoms with Crippen molar-refractivity contribution in [1.29, 1.82) is 0 Å². The van der Waals surface area contributed by atoms with Gasteiger partial charge in [-0.05, 0) is 50.2 Å². The summed E-state index contributed by atoms with van der Waals surface area (Å²) >= 11 is 0. The first-order valence-electron chi connectivity index (χ1n) is 8.05. The SMILES string of the molecule is C[C@H](OC(=O)[C@@H](C)Oc1ccc(F)cc1)c1nc2ccccc2c(=O)[nH]1. The van der Waals surface area contributed by atoms with E-state index in [0.29, 0.717) is 16.7 Å². The van der Waals surface area contributed by atoms with Gasteiger partial charge >= 0.3 is 5.97 Å². The van der Waals surface area contributed by atoms with Crippen molar-refractivity contribution in [2.45, 2.75) is 26.1 Å². The lowest BCUT2D eigenvalue weighted by Gasteiger charge is -2.17. The summed E-state index contributed by atoms with van der Waals surface area (Å²) in [5.41, 5.74) is 0.217. The second-order valence-corrected chi connectivity index (χ2v) is 5.76. The molecule has 0 aliphatic heterocycles. The third-order valence-corrected chi connectivity index (χ3v) is 3.77. The van der Waals surface area contributed by atoms with E-state index in [1.54, 1.807) is 31.2 Å². The molecule has 26 heavy (non-hydrogen) atoms. The zero-order valence-electron chi connectivity index (χ0n) is 14.2. The third-order valence-electron chi connectivity index (χ3n) is 3.77. The van der Waals surface area contributed by atoms with Crippen LogP contribution in [0.3, 0.4) is 0 Å². The van der Waals surface area contributed by atoms with Gasteiger partial charge in [-0.25, -0.2) is 14.2 Å². The summed E-state index contributed by atoms with van der Waals surface area (Å²) in [4.78, 5) is 31.3. The van der Waals surface area contributed by atoms with E-state index in [1.807, 2.05) is 0 Å². The summed E-state index contributed by atoms with van der Waals surface area (Å²) in [5.74, 6) is -0.429. The molecule has 0 spiro atoms. The molecule has 2 aromatic carbocycles. The third kappa shape index (κ3) is 3.88. The van der Waals surface area contributed by atoms with Crippen LogP contribution in [-0.4, -0.2) is 22.0 Å². The maximum Gasteiger partial charge on any atom is 0.347 e. The first kappa shape index (κ1) is 17.6. The summed E-state index contributed by atoms with van der Waals surface area (Å²) in [6.07, 6.45) is -1.67. The number of aromatic nitrogens is 2. The Labute approximate surface area is 148 Å². The highest BCUT2D eigenvalue weighted by Gasteiger charge is 2.21. The number of hydrogen-bond donors (Lipinski definition) is 1.